The number of hydrogen-bond donors (Lipinski definition) is 1. The molecule has 9 heteroatoms. The van der Waals surface area contributed by atoms with E-state index in [0.29, 0.717) is 38.2 Å². The second-order valence-electron chi connectivity index (χ2n) is 8.19. The lowest BCUT2D eigenvalue weighted by molar-refractivity contribution is 0.135. The minimum Gasteiger partial charge on any atom is -0.338 e. The molecule has 3 heterocycles. The Kier molecular flexibility index (Phi) is 6.67. The van der Waals surface area contributed by atoms with E-state index in [1.165, 1.54) is 10.2 Å². The smallest absolute Gasteiger partial charge is 0.338 e. The van der Waals surface area contributed by atoms with Crippen LogP contribution in [0.1, 0.15) is 36.2 Å². The predicted octanol–water partition coefficient (Wildman–Crippen LogP) is 1.17. The first kappa shape index (κ1) is 21.1. The first-order valence-electron chi connectivity index (χ1n) is 11.0. The van der Waals surface area contributed by atoms with Crippen LogP contribution in [-0.2, 0) is 26.1 Å². The van der Waals surface area contributed by atoms with Gasteiger partial charge >= 0.3 is 11.7 Å². The van der Waals surface area contributed by atoms with E-state index in [1.54, 1.807) is 4.57 Å². The first-order chi connectivity index (χ1) is 15.1. The van der Waals surface area contributed by atoms with Gasteiger partial charge in [-0.25, -0.2) is 14.3 Å². The maximum Gasteiger partial charge on any atom is 0.345 e. The van der Waals surface area contributed by atoms with Gasteiger partial charge in [-0.05, 0) is 37.0 Å². The third-order valence-electron chi connectivity index (χ3n) is 6.00. The highest BCUT2D eigenvalue weighted by atomic mass is 16.2. The van der Waals surface area contributed by atoms with Gasteiger partial charge in [0.05, 0.1) is 11.6 Å². The Morgan fingerprint density at radius 3 is 2.58 bits per heavy atom. The Labute approximate surface area is 181 Å². The molecule has 0 saturated carbocycles. The number of nitrogens with zero attached hydrogens (tertiary/aromatic N) is 6. The Balaban J connectivity index is 1.16. The summed E-state index contributed by atoms with van der Waals surface area (Å²) in [6.07, 6.45) is 3.68. The van der Waals surface area contributed by atoms with Crippen LogP contribution in [0.4, 0.5) is 4.79 Å². The molecule has 2 aliphatic rings. The molecule has 1 saturated heterocycles. The van der Waals surface area contributed by atoms with Gasteiger partial charge < -0.3 is 10.2 Å². The van der Waals surface area contributed by atoms with Crippen LogP contribution in [0, 0.1) is 11.3 Å². The fourth-order valence-electron chi connectivity index (χ4n) is 4.18. The maximum atomic E-state index is 12.4. The molecule has 0 spiro atoms. The molecule has 164 valence electrons. The molecule has 0 aliphatic carbocycles. The average Bonchev–Trinajstić information content (AvgIpc) is 3.13. The van der Waals surface area contributed by atoms with Gasteiger partial charge in [-0.1, -0.05) is 12.1 Å². The van der Waals surface area contributed by atoms with Gasteiger partial charge in [0, 0.05) is 58.8 Å². The number of fused-ring (bicyclic) bond motifs is 1. The summed E-state index contributed by atoms with van der Waals surface area (Å²) in [6, 6.07) is 9.74. The number of rotatable bonds is 6. The summed E-state index contributed by atoms with van der Waals surface area (Å²) in [5, 5.41) is 16.3. The molecule has 0 bridgehead atoms. The topological polar surface area (TPSA) is 99.2 Å². The van der Waals surface area contributed by atoms with Crippen molar-refractivity contribution in [3.63, 3.8) is 0 Å². The molecule has 1 aromatic heterocycles. The predicted molar refractivity (Wildman–Crippen MR) is 115 cm³/mol. The number of hydrogen-bond acceptors (Lipinski definition) is 5. The summed E-state index contributed by atoms with van der Waals surface area (Å²) >= 11 is 0. The molecule has 4 rings (SSSR count). The lowest BCUT2D eigenvalue weighted by atomic mass is 10.1. The van der Waals surface area contributed by atoms with E-state index < -0.39 is 0 Å². The molecule has 1 N–H and O–H groups in total. The highest BCUT2D eigenvalue weighted by Crippen LogP contribution is 2.11. The molecule has 2 aliphatic heterocycles. The molecule has 0 unspecified atom stereocenters. The van der Waals surface area contributed by atoms with Crippen LogP contribution in [0.3, 0.4) is 0 Å². The van der Waals surface area contributed by atoms with Crippen LogP contribution in [0.2, 0.25) is 0 Å². The molecule has 1 aromatic carbocycles. The molecular formula is C22H29N7O2. The van der Waals surface area contributed by atoms with Crippen LogP contribution >= 0.6 is 0 Å². The monoisotopic (exact) mass is 423 g/mol. The van der Waals surface area contributed by atoms with Gasteiger partial charge in [-0.15, -0.1) is 0 Å². The lowest BCUT2D eigenvalue weighted by Gasteiger charge is -2.34. The highest BCUT2D eigenvalue weighted by molar-refractivity contribution is 5.74. The van der Waals surface area contributed by atoms with E-state index in [-0.39, 0.29) is 11.7 Å². The van der Waals surface area contributed by atoms with Crippen molar-refractivity contribution in [2.45, 2.75) is 45.3 Å². The molecule has 1 fully saturated rings. The average molecular weight is 424 g/mol. The first-order valence-corrected chi connectivity index (χ1v) is 11.0. The van der Waals surface area contributed by atoms with E-state index in [4.69, 9.17) is 5.26 Å². The van der Waals surface area contributed by atoms with Crippen molar-refractivity contribution >= 4 is 6.03 Å². The largest absolute Gasteiger partial charge is 0.345 e. The second-order valence-corrected chi connectivity index (χ2v) is 8.19. The summed E-state index contributed by atoms with van der Waals surface area (Å²) in [5.74, 6) is 0.888. The van der Waals surface area contributed by atoms with Crippen LogP contribution in [0.25, 0.3) is 0 Å². The van der Waals surface area contributed by atoms with Crippen molar-refractivity contribution in [1.82, 2.24) is 29.5 Å². The van der Waals surface area contributed by atoms with Crippen molar-refractivity contribution < 1.29 is 4.79 Å². The normalized spacial score (nSPS) is 16.5. The third-order valence-corrected chi connectivity index (χ3v) is 6.00. The van der Waals surface area contributed by atoms with Gasteiger partial charge in [0.25, 0.3) is 0 Å². The van der Waals surface area contributed by atoms with Crippen molar-refractivity contribution in [3.05, 3.63) is 51.7 Å². The zero-order valence-corrected chi connectivity index (χ0v) is 17.8. The highest BCUT2D eigenvalue weighted by Gasteiger charge is 2.21. The fourth-order valence-corrected chi connectivity index (χ4v) is 4.18. The Bertz CT molecular complexity index is 994. The zero-order valence-electron chi connectivity index (χ0n) is 17.8. The molecule has 9 nitrogen and oxygen atoms in total. The van der Waals surface area contributed by atoms with Crippen molar-refractivity contribution in [2.75, 3.05) is 32.7 Å². The summed E-state index contributed by atoms with van der Waals surface area (Å²) in [5.41, 5.74) is 1.81. The van der Waals surface area contributed by atoms with Gasteiger partial charge in [0.15, 0.2) is 0 Å². The van der Waals surface area contributed by atoms with E-state index in [9.17, 15) is 9.59 Å². The van der Waals surface area contributed by atoms with Crippen LogP contribution in [0.5, 0.6) is 0 Å². The van der Waals surface area contributed by atoms with Crippen molar-refractivity contribution in [3.8, 4) is 6.07 Å². The Morgan fingerprint density at radius 2 is 1.87 bits per heavy atom. The molecule has 2 amide bonds. The van der Waals surface area contributed by atoms with E-state index in [2.05, 4.69) is 21.4 Å². The van der Waals surface area contributed by atoms with E-state index in [1.807, 2.05) is 29.2 Å². The van der Waals surface area contributed by atoms with Crippen LogP contribution < -0.4 is 11.0 Å². The number of nitriles is 1. The number of aryl methyl sites for hydroxylation is 2. The summed E-state index contributed by atoms with van der Waals surface area (Å²) in [4.78, 5) is 28.9. The number of carbonyl (C=O) groups excluding carboxylic acids is 1. The molecule has 2 aromatic rings. The van der Waals surface area contributed by atoms with Gasteiger partial charge in [0.1, 0.15) is 5.82 Å². The van der Waals surface area contributed by atoms with Gasteiger partial charge in [0.2, 0.25) is 0 Å². The lowest BCUT2D eigenvalue weighted by Crippen LogP contribution is -2.51. The fraction of sp³-hybridized carbons (Fsp3) is 0.545. The maximum absolute atomic E-state index is 12.4. The standard InChI is InChI=1S/C22H29N7O2/c23-16-18-5-7-19(8-6-18)17-26-12-14-27(15-13-26)21(30)24-9-3-11-29-22(31)28-10-2-1-4-20(28)25-29/h5-8H,1-4,9-15,17H2,(H,24,30). The Morgan fingerprint density at radius 1 is 1.10 bits per heavy atom. The zero-order chi connectivity index (χ0) is 21.6. The number of urea groups is 1. The SMILES string of the molecule is N#Cc1ccc(CN2CCN(C(=O)NCCCn3nc4n(c3=O)CCCC4)CC2)cc1. The molecule has 0 radical (unpaired) electrons. The van der Waals surface area contributed by atoms with E-state index in [0.717, 1.165) is 51.3 Å². The Hall–Kier alpha value is -3.12. The summed E-state index contributed by atoms with van der Waals surface area (Å²) < 4.78 is 3.31. The summed E-state index contributed by atoms with van der Waals surface area (Å²) in [7, 11) is 0. The molecule has 0 atom stereocenters. The third kappa shape index (κ3) is 5.14. The van der Waals surface area contributed by atoms with Crippen LogP contribution in [-0.4, -0.2) is 62.9 Å². The number of aromatic nitrogens is 3. The number of carbonyl (C=O) groups is 1. The van der Waals surface area contributed by atoms with Gasteiger partial charge in [-0.2, -0.15) is 10.4 Å². The number of nitrogens with one attached hydrogen (secondary N) is 1. The quantitative estimate of drug-likeness (QED) is 0.703. The van der Waals surface area contributed by atoms with Crippen LogP contribution in [0.15, 0.2) is 29.1 Å². The summed E-state index contributed by atoms with van der Waals surface area (Å²) in [6.45, 7) is 5.67. The van der Waals surface area contributed by atoms with Gasteiger partial charge in [-0.3, -0.25) is 9.47 Å². The second kappa shape index (κ2) is 9.79. The number of benzene rings is 1. The minimum atomic E-state index is -0.0468. The van der Waals surface area contributed by atoms with E-state index >= 15 is 0 Å². The number of piperazine rings is 1. The molecular weight excluding hydrogens is 394 g/mol. The van der Waals surface area contributed by atoms with Crippen molar-refractivity contribution in [1.29, 1.82) is 5.26 Å². The molecule has 31 heavy (non-hydrogen) atoms. The number of amides is 2. The van der Waals surface area contributed by atoms with Crippen molar-refractivity contribution in [2.24, 2.45) is 0 Å². The minimum absolute atomic E-state index is 0.0283.